The Morgan fingerprint density at radius 2 is 1.43 bits per heavy atom. The SMILES string of the molecule is CCCCCC/C=C/C=C\CCCCCCCC(=O)NCCO. The van der Waals surface area contributed by atoms with E-state index < -0.39 is 0 Å². The summed E-state index contributed by atoms with van der Waals surface area (Å²) in [5, 5.41) is 11.3. The summed E-state index contributed by atoms with van der Waals surface area (Å²) in [6.07, 6.45) is 22.9. The Bertz CT molecular complexity index is 311. The molecule has 0 bridgehead atoms. The fourth-order valence-electron chi connectivity index (χ4n) is 2.40. The predicted molar refractivity (Wildman–Crippen MR) is 99.5 cm³/mol. The van der Waals surface area contributed by atoms with Crippen molar-refractivity contribution in [1.29, 1.82) is 0 Å². The van der Waals surface area contributed by atoms with E-state index in [1.54, 1.807) is 0 Å². The zero-order valence-corrected chi connectivity index (χ0v) is 15.1. The van der Waals surface area contributed by atoms with Crippen LogP contribution in [0.3, 0.4) is 0 Å². The average molecular weight is 324 g/mol. The van der Waals surface area contributed by atoms with Crippen molar-refractivity contribution in [3.05, 3.63) is 24.3 Å². The second-order valence-corrected chi connectivity index (χ2v) is 6.09. The number of rotatable bonds is 16. The van der Waals surface area contributed by atoms with Gasteiger partial charge in [-0.25, -0.2) is 0 Å². The van der Waals surface area contributed by atoms with Crippen LogP contribution in [0.1, 0.15) is 84.0 Å². The molecule has 0 aromatic heterocycles. The van der Waals surface area contributed by atoms with E-state index in [1.165, 1.54) is 51.4 Å². The third kappa shape index (κ3) is 18.9. The highest BCUT2D eigenvalue weighted by Gasteiger charge is 1.99. The van der Waals surface area contributed by atoms with Crippen molar-refractivity contribution in [2.24, 2.45) is 0 Å². The van der Waals surface area contributed by atoms with Gasteiger partial charge >= 0.3 is 0 Å². The van der Waals surface area contributed by atoms with Crippen LogP contribution in [-0.4, -0.2) is 24.2 Å². The molecule has 3 heteroatoms. The molecule has 0 fully saturated rings. The summed E-state index contributed by atoms with van der Waals surface area (Å²) in [5.41, 5.74) is 0. The average Bonchev–Trinajstić information content (AvgIpc) is 2.56. The normalized spacial score (nSPS) is 11.6. The molecule has 0 atom stereocenters. The van der Waals surface area contributed by atoms with Crippen LogP contribution >= 0.6 is 0 Å². The van der Waals surface area contributed by atoms with Crippen LogP contribution in [0.2, 0.25) is 0 Å². The van der Waals surface area contributed by atoms with Crippen molar-refractivity contribution in [1.82, 2.24) is 5.32 Å². The van der Waals surface area contributed by atoms with Crippen LogP contribution in [-0.2, 0) is 4.79 Å². The monoisotopic (exact) mass is 323 g/mol. The Balaban J connectivity index is 3.24. The summed E-state index contributed by atoms with van der Waals surface area (Å²) >= 11 is 0. The Morgan fingerprint density at radius 1 is 0.870 bits per heavy atom. The smallest absolute Gasteiger partial charge is 0.220 e. The zero-order chi connectivity index (χ0) is 17.0. The zero-order valence-electron chi connectivity index (χ0n) is 15.1. The molecule has 0 radical (unpaired) electrons. The molecule has 134 valence electrons. The summed E-state index contributed by atoms with van der Waals surface area (Å²) in [6.45, 7) is 2.64. The third-order valence-electron chi connectivity index (χ3n) is 3.82. The maximum Gasteiger partial charge on any atom is 0.220 e. The van der Waals surface area contributed by atoms with Crippen molar-refractivity contribution >= 4 is 5.91 Å². The van der Waals surface area contributed by atoms with Crippen molar-refractivity contribution in [3.63, 3.8) is 0 Å². The number of allylic oxidation sites excluding steroid dienone is 4. The predicted octanol–water partition coefficient (Wildman–Crippen LogP) is 4.91. The lowest BCUT2D eigenvalue weighted by Gasteiger charge is -2.02. The van der Waals surface area contributed by atoms with Gasteiger partial charge < -0.3 is 10.4 Å². The highest BCUT2D eigenvalue weighted by molar-refractivity contribution is 5.75. The van der Waals surface area contributed by atoms with E-state index in [1.807, 2.05) is 0 Å². The van der Waals surface area contributed by atoms with Crippen LogP contribution in [0.15, 0.2) is 24.3 Å². The number of hydrogen-bond donors (Lipinski definition) is 2. The lowest BCUT2D eigenvalue weighted by atomic mass is 10.1. The molecule has 1 amide bonds. The fourth-order valence-corrected chi connectivity index (χ4v) is 2.40. The van der Waals surface area contributed by atoms with Crippen LogP contribution < -0.4 is 5.32 Å². The first-order valence-corrected chi connectivity index (χ1v) is 9.50. The van der Waals surface area contributed by atoms with Gasteiger partial charge in [-0.15, -0.1) is 0 Å². The number of carbonyl (C=O) groups is 1. The fraction of sp³-hybridized carbons (Fsp3) is 0.750. The summed E-state index contributed by atoms with van der Waals surface area (Å²) in [5.74, 6) is 0.0588. The van der Waals surface area contributed by atoms with Crippen molar-refractivity contribution in [3.8, 4) is 0 Å². The molecule has 23 heavy (non-hydrogen) atoms. The topological polar surface area (TPSA) is 49.3 Å². The Hall–Kier alpha value is -1.09. The number of hydrogen-bond acceptors (Lipinski definition) is 2. The van der Waals surface area contributed by atoms with Crippen LogP contribution in [0, 0.1) is 0 Å². The van der Waals surface area contributed by atoms with Gasteiger partial charge in [0.25, 0.3) is 0 Å². The standard InChI is InChI=1S/C20H37NO2/c1-2-3-4-5-6-7-8-9-10-11-12-13-14-15-16-17-20(23)21-18-19-22/h7-10,22H,2-6,11-19H2,1H3,(H,21,23)/b8-7+,10-9-. The molecule has 0 heterocycles. The maximum absolute atomic E-state index is 11.3. The van der Waals surface area contributed by atoms with Crippen molar-refractivity contribution in [2.75, 3.05) is 13.2 Å². The minimum atomic E-state index is 0.0211. The molecule has 0 rings (SSSR count). The molecule has 0 unspecified atom stereocenters. The molecule has 0 aromatic carbocycles. The highest BCUT2D eigenvalue weighted by Crippen LogP contribution is 2.08. The number of aliphatic hydroxyl groups excluding tert-OH is 1. The van der Waals surface area contributed by atoms with Gasteiger partial charge in [-0.1, -0.05) is 69.8 Å². The van der Waals surface area contributed by atoms with Gasteiger partial charge in [0, 0.05) is 13.0 Å². The van der Waals surface area contributed by atoms with Gasteiger partial charge in [0.1, 0.15) is 0 Å². The first-order valence-electron chi connectivity index (χ1n) is 9.50. The Morgan fingerprint density at radius 3 is 2.04 bits per heavy atom. The third-order valence-corrected chi connectivity index (χ3v) is 3.82. The second kappa shape index (κ2) is 19.0. The second-order valence-electron chi connectivity index (χ2n) is 6.09. The van der Waals surface area contributed by atoms with E-state index in [0.717, 1.165) is 19.3 Å². The number of unbranched alkanes of at least 4 members (excludes halogenated alkanes) is 9. The lowest BCUT2D eigenvalue weighted by molar-refractivity contribution is -0.121. The van der Waals surface area contributed by atoms with Gasteiger partial charge in [0.15, 0.2) is 0 Å². The number of amides is 1. The van der Waals surface area contributed by atoms with Gasteiger partial charge in [0.2, 0.25) is 5.91 Å². The largest absolute Gasteiger partial charge is 0.395 e. The van der Waals surface area contributed by atoms with Gasteiger partial charge in [-0.2, -0.15) is 0 Å². The molecule has 0 aliphatic rings. The van der Waals surface area contributed by atoms with Gasteiger partial charge in [-0.3, -0.25) is 4.79 Å². The maximum atomic E-state index is 11.3. The molecule has 0 saturated heterocycles. The van der Waals surface area contributed by atoms with E-state index in [9.17, 15) is 4.79 Å². The van der Waals surface area contributed by atoms with Crippen LogP contribution in [0.25, 0.3) is 0 Å². The lowest BCUT2D eigenvalue weighted by Crippen LogP contribution is -2.25. The molecule has 3 nitrogen and oxygen atoms in total. The van der Waals surface area contributed by atoms with E-state index in [2.05, 4.69) is 36.5 Å². The van der Waals surface area contributed by atoms with E-state index in [0.29, 0.717) is 13.0 Å². The Labute approximate surface area is 143 Å². The summed E-state index contributed by atoms with van der Waals surface area (Å²) in [7, 11) is 0. The molecule has 0 aliphatic carbocycles. The van der Waals surface area contributed by atoms with E-state index in [-0.39, 0.29) is 12.5 Å². The van der Waals surface area contributed by atoms with Crippen LogP contribution in [0.4, 0.5) is 0 Å². The molecule has 0 saturated carbocycles. The molecule has 0 aromatic rings. The number of carbonyl (C=O) groups excluding carboxylic acids is 1. The number of aliphatic hydroxyl groups is 1. The Kier molecular flexibility index (Phi) is 18.1. The van der Waals surface area contributed by atoms with Gasteiger partial charge in [-0.05, 0) is 32.1 Å². The first kappa shape index (κ1) is 21.9. The van der Waals surface area contributed by atoms with Gasteiger partial charge in [0.05, 0.1) is 6.61 Å². The summed E-state index contributed by atoms with van der Waals surface area (Å²) < 4.78 is 0. The number of nitrogens with one attached hydrogen (secondary N) is 1. The molecular weight excluding hydrogens is 286 g/mol. The molecule has 0 spiro atoms. The minimum Gasteiger partial charge on any atom is -0.395 e. The minimum absolute atomic E-state index is 0.0211. The van der Waals surface area contributed by atoms with Crippen molar-refractivity contribution in [2.45, 2.75) is 84.0 Å². The van der Waals surface area contributed by atoms with Crippen molar-refractivity contribution < 1.29 is 9.90 Å². The molecule has 2 N–H and O–H groups in total. The summed E-state index contributed by atoms with van der Waals surface area (Å²) in [6, 6.07) is 0. The van der Waals surface area contributed by atoms with E-state index in [4.69, 9.17) is 5.11 Å². The first-order chi connectivity index (χ1) is 11.3. The molecule has 0 aliphatic heterocycles. The highest BCUT2D eigenvalue weighted by atomic mass is 16.3. The summed E-state index contributed by atoms with van der Waals surface area (Å²) in [4.78, 5) is 11.3. The van der Waals surface area contributed by atoms with Crippen LogP contribution in [0.5, 0.6) is 0 Å². The van der Waals surface area contributed by atoms with E-state index >= 15 is 0 Å². The molecular formula is C20H37NO2. The quantitative estimate of drug-likeness (QED) is 0.313.